The lowest BCUT2D eigenvalue weighted by Crippen LogP contribution is -2.48. The number of halogens is 2. The molecule has 0 heterocycles. The van der Waals surface area contributed by atoms with E-state index in [1.807, 2.05) is 0 Å². The molecule has 0 bridgehead atoms. The lowest BCUT2D eigenvalue weighted by atomic mass is 10.1. The molecule has 0 spiro atoms. The monoisotopic (exact) mass is 415 g/mol. The number of nitrogens with two attached hydrogens (primary N) is 1. The van der Waals surface area contributed by atoms with E-state index in [9.17, 15) is 28.0 Å². The van der Waals surface area contributed by atoms with Gasteiger partial charge in [0.1, 0.15) is 30.8 Å². The van der Waals surface area contributed by atoms with Crippen LogP contribution in [0.2, 0.25) is 0 Å². The smallest absolute Gasteiger partial charge is 0.326 e. The molecule has 2 amide bonds. The highest BCUT2D eigenvalue weighted by atomic mass is 19.1. The number of aliphatic carboxylic acids is 2. The number of amides is 2. The average Bonchev–Trinajstić information content (AvgIpc) is 2.59. The Morgan fingerprint density at radius 3 is 2.17 bits per heavy atom. The minimum Gasteiger partial charge on any atom is -0.480 e. The highest BCUT2D eigenvalue weighted by molar-refractivity contribution is 5.90. The van der Waals surface area contributed by atoms with Crippen LogP contribution < -0.4 is 11.1 Å². The molecule has 5 N–H and O–H groups in total. The minimum absolute atomic E-state index is 0.0338. The second-order valence-electron chi connectivity index (χ2n) is 6.34. The number of carboxylic acid groups (broad SMARTS) is 2. The molecule has 0 aliphatic rings. The SMILES string of the molecule is NCCCC[C@@H](NC(=O)CN(CC(=O)O)C(=O)Cc1cc(F)cc(F)c1)C(=O)O. The fourth-order valence-corrected chi connectivity index (χ4v) is 2.56. The van der Waals surface area contributed by atoms with E-state index in [4.69, 9.17) is 15.9 Å². The van der Waals surface area contributed by atoms with Gasteiger partial charge in [-0.2, -0.15) is 0 Å². The number of benzene rings is 1. The Hall–Kier alpha value is -3.08. The van der Waals surface area contributed by atoms with Gasteiger partial charge in [-0.15, -0.1) is 0 Å². The summed E-state index contributed by atoms with van der Waals surface area (Å²) in [5, 5.41) is 20.4. The van der Waals surface area contributed by atoms with Crippen LogP contribution in [-0.2, 0) is 25.6 Å². The van der Waals surface area contributed by atoms with Gasteiger partial charge in [-0.25, -0.2) is 13.6 Å². The molecular weight excluding hydrogens is 392 g/mol. The number of hydrogen-bond acceptors (Lipinski definition) is 5. The Morgan fingerprint density at radius 2 is 1.66 bits per heavy atom. The van der Waals surface area contributed by atoms with Gasteiger partial charge in [-0.3, -0.25) is 14.4 Å². The Kier molecular flexibility index (Phi) is 9.66. The van der Waals surface area contributed by atoms with Crippen molar-refractivity contribution in [2.75, 3.05) is 19.6 Å². The number of hydrogen-bond donors (Lipinski definition) is 4. The molecular formula is C18H23F2N3O6. The molecule has 0 aliphatic heterocycles. The van der Waals surface area contributed by atoms with Crippen LogP contribution in [0.15, 0.2) is 18.2 Å². The van der Waals surface area contributed by atoms with Crippen molar-refractivity contribution in [1.82, 2.24) is 10.2 Å². The van der Waals surface area contributed by atoms with Gasteiger partial charge >= 0.3 is 11.9 Å². The molecule has 9 nitrogen and oxygen atoms in total. The molecule has 0 unspecified atom stereocenters. The summed E-state index contributed by atoms with van der Waals surface area (Å²) in [6.45, 7) is -1.19. The summed E-state index contributed by atoms with van der Waals surface area (Å²) in [6.07, 6.45) is 0.603. The van der Waals surface area contributed by atoms with Crippen molar-refractivity contribution in [2.24, 2.45) is 5.73 Å². The summed E-state index contributed by atoms with van der Waals surface area (Å²) < 4.78 is 26.5. The number of carbonyl (C=O) groups is 4. The quantitative estimate of drug-likeness (QED) is 0.354. The molecule has 0 saturated heterocycles. The van der Waals surface area contributed by atoms with Crippen LogP contribution >= 0.6 is 0 Å². The van der Waals surface area contributed by atoms with E-state index in [1.54, 1.807) is 0 Å². The van der Waals surface area contributed by atoms with Crippen molar-refractivity contribution in [2.45, 2.75) is 31.7 Å². The zero-order chi connectivity index (χ0) is 22.0. The number of carboxylic acids is 2. The Morgan fingerprint density at radius 1 is 1.03 bits per heavy atom. The molecule has 0 radical (unpaired) electrons. The summed E-state index contributed by atoms with van der Waals surface area (Å²) in [6, 6.07) is 1.23. The zero-order valence-corrected chi connectivity index (χ0v) is 15.6. The van der Waals surface area contributed by atoms with Crippen molar-refractivity contribution < 1.29 is 38.2 Å². The third-order valence-electron chi connectivity index (χ3n) is 3.87. The van der Waals surface area contributed by atoms with Crippen LogP contribution in [0.4, 0.5) is 8.78 Å². The van der Waals surface area contributed by atoms with E-state index in [0.29, 0.717) is 30.4 Å². The summed E-state index contributed by atoms with van der Waals surface area (Å²) in [5.41, 5.74) is 5.30. The van der Waals surface area contributed by atoms with Crippen LogP contribution in [0.25, 0.3) is 0 Å². The van der Waals surface area contributed by atoms with Crippen molar-refractivity contribution in [3.63, 3.8) is 0 Å². The molecule has 1 aromatic carbocycles. The molecule has 1 rings (SSSR count). The maximum Gasteiger partial charge on any atom is 0.326 e. The molecule has 1 aromatic rings. The van der Waals surface area contributed by atoms with Gasteiger partial charge in [0.25, 0.3) is 0 Å². The normalized spacial score (nSPS) is 11.6. The molecule has 1 atom stereocenters. The number of unbranched alkanes of at least 4 members (excludes halogenated alkanes) is 1. The first-order valence-electron chi connectivity index (χ1n) is 8.79. The lowest BCUT2D eigenvalue weighted by molar-refractivity contribution is -0.147. The predicted molar refractivity (Wildman–Crippen MR) is 96.7 cm³/mol. The second kappa shape index (κ2) is 11.7. The van der Waals surface area contributed by atoms with Gasteiger partial charge in [0.05, 0.1) is 6.42 Å². The van der Waals surface area contributed by atoms with E-state index in [2.05, 4.69) is 5.32 Å². The van der Waals surface area contributed by atoms with Gasteiger partial charge < -0.3 is 26.2 Å². The van der Waals surface area contributed by atoms with Gasteiger partial charge in [-0.05, 0) is 43.5 Å². The average molecular weight is 415 g/mol. The van der Waals surface area contributed by atoms with Crippen LogP contribution in [-0.4, -0.2) is 64.5 Å². The van der Waals surface area contributed by atoms with Crippen LogP contribution in [0.3, 0.4) is 0 Å². The molecule has 0 aromatic heterocycles. The first kappa shape index (κ1) is 24.0. The van der Waals surface area contributed by atoms with Gasteiger partial charge in [0.15, 0.2) is 0 Å². The second-order valence-corrected chi connectivity index (χ2v) is 6.34. The van der Waals surface area contributed by atoms with E-state index in [0.717, 1.165) is 12.1 Å². The minimum atomic E-state index is -1.41. The number of carbonyl (C=O) groups excluding carboxylic acids is 2. The van der Waals surface area contributed by atoms with E-state index >= 15 is 0 Å². The van der Waals surface area contributed by atoms with Crippen molar-refractivity contribution in [1.29, 1.82) is 0 Å². The molecule has 29 heavy (non-hydrogen) atoms. The van der Waals surface area contributed by atoms with E-state index < -0.39 is 60.9 Å². The molecule has 0 saturated carbocycles. The van der Waals surface area contributed by atoms with Crippen LogP contribution in [0, 0.1) is 11.6 Å². The summed E-state index contributed by atoms with van der Waals surface area (Å²) >= 11 is 0. The molecule has 0 aliphatic carbocycles. The van der Waals surface area contributed by atoms with Gasteiger partial charge in [0, 0.05) is 6.07 Å². The molecule has 11 heteroatoms. The van der Waals surface area contributed by atoms with E-state index in [-0.39, 0.29) is 12.0 Å². The first-order valence-corrected chi connectivity index (χ1v) is 8.79. The standard InChI is InChI=1S/C18H23F2N3O6/c19-12-5-11(6-13(20)8-12)7-16(25)23(10-17(26)27)9-15(24)22-14(18(28)29)3-1-2-4-21/h5-6,8,14H,1-4,7,9-10,21H2,(H,22,24)(H,26,27)(H,28,29)/t14-/m1/s1. The Labute approximate surface area is 165 Å². The number of rotatable bonds is 12. The fraction of sp³-hybridized carbons (Fsp3) is 0.444. The van der Waals surface area contributed by atoms with Gasteiger partial charge in [0.2, 0.25) is 11.8 Å². The van der Waals surface area contributed by atoms with Crippen molar-refractivity contribution >= 4 is 23.8 Å². The highest BCUT2D eigenvalue weighted by Crippen LogP contribution is 2.10. The van der Waals surface area contributed by atoms with E-state index in [1.165, 1.54) is 0 Å². The molecule has 0 fully saturated rings. The highest BCUT2D eigenvalue weighted by Gasteiger charge is 2.24. The maximum atomic E-state index is 13.3. The predicted octanol–water partition coefficient (Wildman–Crippen LogP) is 0.119. The first-order chi connectivity index (χ1) is 13.6. The number of nitrogens with zero attached hydrogens (tertiary/aromatic N) is 1. The fourth-order valence-electron chi connectivity index (χ4n) is 2.56. The zero-order valence-electron chi connectivity index (χ0n) is 15.6. The Balaban J connectivity index is 2.80. The lowest BCUT2D eigenvalue weighted by Gasteiger charge is -2.22. The van der Waals surface area contributed by atoms with Crippen molar-refractivity contribution in [3.05, 3.63) is 35.4 Å². The maximum absolute atomic E-state index is 13.3. The third kappa shape index (κ3) is 9.10. The third-order valence-corrected chi connectivity index (χ3v) is 3.87. The van der Waals surface area contributed by atoms with Crippen molar-refractivity contribution in [3.8, 4) is 0 Å². The Bertz CT molecular complexity index is 739. The topological polar surface area (TPSA) is 150 Å². The summed E-state index contributed by atoms with van der Waals surface area (Å²) in [4.78, 5) is 47.4. The van der Waals surface area contributed by atoms with Gasteiger partial charge in [-0.1, -0.05) is 0 Å². The largest absolute Gasteiger partial charge is 0.480 e. The molecule has 160 valence electrons. The van der Waals surface area contributed by atoms with Crippen LogP contribution in [0.5, 0.6) is 0 Å². The van der Waals surface area contributed by atoms with Crippen LogP contribution in [0.1, 0.15) is 24.8 Å². The summed E-state index contributed by atoms with van der Waals surface area (Å²) in [7, 11) is 0. The summed E-state index contributed by atoms with van der Waals surface area (Å²) in [5.74, 6) is -6.22. The number of nitrogens with one attached hydrogen (secondary N) is 1.